The molecule has 0 radical (unpaired) electrons. The number of benzene rings is 2. The lowest BCUT2D eigenvalue weighted by Gasteiger charge is -2.35. The Bertz CT molecular complexity index is 849. The van der Waals surface area contributed by atoms with Gasteiger partial charge in [-0.1, -0.05) is 30.3 Å². The maximum atomic E-state index is 12.6. The van der Waals surface area contributed by atoms with Gasteiger partial charge in [0.15, 0.2) is 0 Å². The molecule has 1 fully saturated rings. The first-order chi connectivity index (χ1) is 13.4. The van der Waals surface area contributed by atoms with Crippen LogP contribution in [-0.2, 0) is 11.2 Å². The van der Waals surface area contributed by atoms with Crippen LogP contribution in [0.25, 0.3) is 0 Å². The van der Waals surface area contributed by atoms with Crippen molar-refractivity contribution in [2.24, 2.45) is 0 Å². The van der Waals surface area contributed by atoms with Gasteiger partial charge in [0, 0.05) is 31.7 Å². The number of hydrogen-bond donors (Lipinski definition) is 0. The first kappa shape index (κ1) is 19.8. The molecule has 1 aliphatic heterocycles. The molecule has 3 rings (SSSR count). The van der Waals surface area contributed by atoms with E-state index in [1.54, 1.807) is 15.9 Å². The Balaban J connectivity index is 1.57. The molecule has 0 atom stereocenters. The Morgan fingerprint density at radius 1 is 1.00 bits per heavy atom. The molecule has 0 aliphatic carbocycles. The zero-order chi connectivity index (χ0) is 20.1. The van der Waals surface area contributed by atoms with Gasteiger partial charge in [-0.15, -0.1) is 0 Å². The molecule has 0 unspecified atom stereocenters. The van der Waals surface area contributed by atoms with E-state index in [-0.39, 0.29) is 23.1 Å². The lowest BCUT2D eigenvalue weighted by atomic mass is 10.1. The standard InChI is InChI=1S/C21H22F2N2O3/c1-15-5-2-3-6-16(15)14-19(26)24-9-11-25(12-10-24)20(27)17-7-4-8-18(13-17)28-21(22)23/h2-8,13,21H,9-12,14H2,1H3. The number of piperazine rings is 1. The van der Waals surface area contributed by atoms with E-state index >= 15 is 0 Å². The normalized spacial score (nSPS) is 14.3. The number of carbonyl (C=O) groups is 2. The van der Waals surface area contributed by atoms with Crippen molar-refractivity contribution in [3.8, 4) is 5.75 Å². The van der Waals surface area contributed by atoms with Gasteiger partial charge in [-0.3, -0.25) is 9.59 Å². The van der Waals surface area contributed by atoms with E-state index in [0.29, 0.717) is 32.6 Å². The Kier molecular flexibility index (Phi) is 6.23. The molecule has 148 valence electrons. The highest BCUT2D eigenvalue weighted by atomic mass is 19.3. The van der Waals surface area contributed by atoms with Crippen LogP contribution in [0.3, 0.4) is 0 Å². The van der Waals surface area contributed by atoms with Gasteiger partial charge in [-0.25, -0.2) is 0 Å². The van der Waals surface area contributed by atoms with E-state index in [9.17, 15) is 18.4 Å². The van der Waals surface area contributed by atoms with Crippen molar-refractivity contribution in [1.29, 1.82) is 0 Å². The van der Waals surface area contributed by atoms with E-state index in [0.717, 1.165) is 11.1 Å². The fraction of sp³-hybridized carbons (Fsp3) is 0.333. The summed E-state index contributed by atoms with van der Waals surface area (Å²) in [5.41, 5.74) is 2.37. The summed E-state index contributed by atoms with van der Waals surface area (Å²) in [4.78, 5) is 28.6. The molecule has 0 spiro atoms. The molecule has 7 heteroatoms. The average molecular weight is 388 g/mol. The minimum Gasteiger partial charge on any atom is -0.435 e. The SMILES string of the molecule is Cc1ccccc1CC(=O)N1CCN(C(=O)c2cccc(OC(F)F)c2)CC1. The summed E-state index contributed by atoms with van der Waals surface area (Å²) in [6, 6.07) is 13.5. The highest BCUT2D eigenvalue weighted by molar-refractivity contribution is 5.94. The smallest absolute Gasteiger partial charge is 0.387 e. The van der Waals surface area contributed by atoms with Gasteiger partial charge in [0.25, 0.3) is 5.91 Å². The van der Waals surface area contributed by atoms with Crippen molar-refractivity contribution < 1.29 is 23.1 Å². The molecule has 1 saturated heterocycles. The van der Waals surface area contributed by atoms with Crippen LogP contribution in [-0.4, -0.2) is 54.4 Å². The van der Waals surface area contributed by atoms with Crippen LogP contribution < -0.4 is 4.74 Å². The molecular formula is C21H22F2N2O3. The lowest BCUT2D eigenvalue weighted by Crippen LogP contribution is -2.51. The zero-order valence-electron chi connectivity index (χ0n) is 15.6. The molecule has 1 heterocycles. The number of alkyl halides is 2. The Labute approximate surface area is 162 Å². The van der Waals surface area contributed by atoms with E-state index < -0.39 is 6.61 Å². The molecule has 0 N–H and O–H groups in total. The van der Waals surface area contributed by atoms with Gasteiger partial charge >= 0.3 is 6.61 Å². The Hall–Kier alpha value is -2.96. The van der Waals surface area contributed by atoms with E-state index in [1.165, 1.54) is 18.2 Å². The van der Waals surface area contributed by atoms with Gasteiger partial charge in [0.1, 0.15) is 5.75 Å². The van der Waals surface area contributed by atoms with Crippen LogP contribution >= 0.6 is 0 Å². The summed E-state index contributed by atoms with van der Waals surface area (Å²) in [5, 5.41) is 0. The van der Waals surface area contributed by atoms with Gasteiger partial charge in [0.2, 0.25) is 5.91 Å². The van der Waals surface area contributed by atoms with Crippen molar-refractivity contribution >= 4 is 11.8 Å². The summed E-state index contributed by atoms with van der Waals surface area (Å²) in [6.07, 6.45) is 0.341. The minimum atomic E-state index is -2.94. The van der Waals surface area contributed by atoms with Crippen molar-refractivity contribution in [3.63, 3.8) is 0 Å². The second-order valence-corrected chi connectivity index (χ2v) is 6.68. The number of ether oxygens (including phenoxy) is 1. The molecule has 1 aliphatic rings. The summed E-state index contributed by atoms with van der Waals surface area (Å²) in [7, 11) is 0. The van der Waals surface area contributed by atoms with Crippen LogP contribution in [0, 0.1) is 6.92 Å². The second kappa shape index (κ2) is 8.82. The first-order valence-electron chi connectivity index (χ1n) is 9.10. The third kappa shape index (κ3) is 4.85. The number of carbonyl (C=O) groups excluding carboxylic acids is 2. The second-order valence-electron chi connectivity index (χ2n) is 6.68. The van der Waals surface area contributed by atoms with Crippen LogP contribution in [0.15, 0.2) is 48.5 Å². The number of halogens is 2. The fourth-order valence-corrected chi connectivity index (χ4v) is 3.23. The minimum absolute atomic E-state index is 0.0359. The Morgan fingerprint density at radius 2 is 1.68 bits per heavy atom. The molecule has 2 amide bonds. The lowest BCUT2D eigenvalue weighted by molar-refractivity contribution is -0.131. The summed E-state index contributed by atoms with van der Waals surface area (Å²) in [6.45, 7) is 0.739. The average Bonchev–Trinajstić information content (AvgIpc) is 2.69. The monoisotopic (exact) mass is 388 g/mol. The third-order valence-electron chi connectivity index (χ3n) is 4.83. The third-order valence-corrected chi connectivity index (χ3v) is 4.83. The number of rotatable bonds is 5. The van der Waals surface area contributed by atoms with Crippen LogP contribution in [0.1, 0.15) is 21.5 Å². The summed E-state index contributed by atoms with van der Waals surface area (Å²) < 4.78 is 29.1. The van der Waals surface area contributed by atoms with E-state index in [4.69, 9.17) is 0 Å². The molecule has 2 aromatic rings. The van der Waals surface area contributed by atoms with Crippen LogP contribution in [0.4, 0.5) is 8.78 Å². The molecule has 0 bridgehead atoms. The summed E-state index contributed by atoms with van der Waals surface area (Å²) in [5.74, 6) is -0.271. The fourth-order valence-electron chi connectivity index (χ4n) is 3.23. The number of aryl methyl sites for hydroxylation is 1. The maximum Gasteiger partial charge on any atom is 0.387 e. The summed E-state index contributed by atoms with van der Waals surface area (Å²) >= 11 is 0. The van der Waals surface area contributed by atoms with E-state index in [1.807, 2.05) is 31.2 Å². The predicted octanol–water partition coefficient (Wildman–Crippen LogP) is 3.12. The maximum absolute atomic E-state index is 12.6. The van der Waals surface area contributed by atoms with Crippen molar-refractivity contribution in [2.75, 3.05) is 26.2 Å². The number of hydrogen-bond acceptors (Lipinski definition) is 3. The largest absolute Gasteiger partial charge is 0.435 e. The molecule has 0 aromatic heterocycles. The number of amides is 2. The molecule has 2 aromatic carbocycles. The van der Waals surface area contributed by atoms with Crippen molar-refractivity contribution in [1.82, 2.24) is 9.80 Å². The van der Waals surface area contributed by atoms with Gasteiger partial charge in [-0.05, 0) is 36.2 Å². The van der Waals surface area contributed by atoms with Crippen LogP contribution in [0.5, 0.6) is 5.75 Å². The predicted molar refractivity (Wildman–Crippen MR) is 100 cm³/mol. The topological polar surface area (TPSA) is 49.9 Å². The number of nitrogens with zero attached hydrogens (tertiary/aromatic N) is 2. The Morgan fingerprint density at radius 3 is 2.36 bits per heavy atom. The molecule has 28 heavy (non-hydrogen) atoms. The first-order valence-corrected chi connectivity index (χ1v) is 9.10. The molecule has 0 saturated carbocycles. The van der Waals surface area contributed by atoms with E-state index in [2.05, 4.69) is 4.74 Å². The van der Waals surface area contributed by atoms with Crippen LogP contribution in [0.2, 0.25) is 0 Å². The highest BCUT2D eigenvalue weighted by Crippen LogP contribution is 2.18. The highest BCUT2D eigenvalue weighted by Gasteiger charge is 2.25. The zero-order valence-corrected chi connectivity index (χ0v) is 15.6. The quantitative estimate of drug-likeness (QED) is 0.791. The van der Waals surface area contributed by atoms with Gasteiger partial charge < -0.3 is 14.5 Å². The van der Waals surface area contributed by atoms with Crippen molar-refractivity contribution in [2.45, 2.75) is 20.0 Å². The van der Waals surface area contributed by atoms with Crippen molar-refractivity contribution in [3.05, 3.63) is 65.2 Å². The van der Waals surface area contributed by atoms with Gasteiger partial charge in [0.05, 0.1) is 6.42 Å². The van der Waals surface area contributed by atoms with Gasteiger partial charge in [-0.2, -0.15) is 8.78 Å². The molecule has 5 nitrogen and oxygen atoms in total. The molecular weight excluding hydrogens is 366 g/mol.